The molecule has 1 heterocycles. The minimum Gasteiger partial charge on any atom is -0.314 e. The Morgan fingerprint density at radius 3 is 2.80 bits per heavy atom. The van der Waals surface area contributed by atoms with E-state index in [1.807, 2.05) is 6.20 Å². The summed E-state index contributed by atoms with van der Waals surface area (Å²) in [5.74, 6) is 0.810. The Hall–Kier alpha value is -0.830. The van der Waals surface area contributed by atoms with Crippen molar-refractivity contribution in [1.29, 1.82) is 0 Å². The van der Waals surface area contributed by atoms with Crippen molar-refractivity contribution in [3.63, 3.8) is 0 Å². The van der Waals surface area contributed by atoms with Crippen molar-refractivity contribution >= 4 is 0 Å². The third-order valence-electron chi connectivity index (χ3n) is 3.69. The van der Waals surface area contributed by atoms with Gasteiger partial charge in [0.15, 0.2) is 0 Å². The maximum absolute atomic E-state index is 4.42. The van der Waals surface area contributed by atoms with Gasteiger partial charge >= 0.3 is 0 Å². The van der Waals surface area contributed by atoms with Crippen LogP contribution in [-0.2, 0) is 0 Å². The van der Waals surface area contributed by atoms with Crippen LogP contribution in [0.2, 0.25) is 0 Å². The summed E-state index contributed by atoms with van der Waals surface area (Å²) in [5.41, 5.74) is 1.27. The fourth-order valence-electron chi connectivity index (χ4n) is 2.36. The largest absolute Gasteiger partial charge is 0.314 e. The van der Waals surface area contributed by atoms with Crippen LogP contribution in [0.3, 0.4) is 0 Å². The summed E-state index contributed by atoms with van der Waals surface area (Å²) in [6.07, 6.45) is 9.58. The molecule has 2 atom stereocenters. The van der Waals surface area contributed by atoms with Crippen LogP contribution < -0.4 is 5.32 Å². The van der Waals surface area contributed by atoms with E-state index in [0.29, 0.717) is 6.04 Å². The highest BCUT2D eigenvalue weighted by atomic mass is 15.3. The first kappa shape index (κ1) is 9.40. The maximum atomic E-state index is 4.42. The van der Waals surface area contributed by atoms with Crippen LogP contribution >= 0.6 is 0 Å². The molecular formula is C12H19N3. The van der Waals surface area contributed by atoms with E-state index in [2.05, 4.69) is 28.2 Å². The lowest BCUT2D eigenvalue weighted by molar-refractivity contribution is 0.162. The van der Waals surface area contributed by atoms with Crippen molar-refractivity contribution in [2.75, 3.05) is 6.54 Å². The van der Waals surface area contributed by atoms with Crippen molar-refractivity contribution in [1.82, 2.24) is 15.1 Å². The molecule has 0 amide bonds. The lowest BCUT2D eigenvalue weighted by atomic mass is 9.79. The molecule has 0 saturated heterocycles. The van der Waals surface area contributed by atoms with Crippen LogP contribution in [-0.4, -0.2) is 22.4 Å². The van der Waals surface area contributed by atoms with Crippen molar-refractivity contribution in [2.45, 2.75) is 44.7 Å². The molecule has 2 aliphatic rings. The second-order valence-electron chi connectivity index (χ2n) is 5.08. The van der Waals surface area contributed by atoms with Crippen LogP contribution in [0.25, 0.3) is 0 Å². The predicted molar refractivity (Wildman–Crippen MR) is 59.7 cm³/mol. The van der Waals surface area contributed by atoms with Crippen LogP contribution in [0.15, 0.2) is 12.4 Å². The molecule has 1 N–H and O–H groups in total. The molecule has 15 heavy (non-hydrogen) atoms. The van der Waals surface area contributed by atoms with Crippen molar-refractivity contribution in [2.24, 2.45) is 5.92 Å². The first-order chi connectivity index (χ1) is 7.33. The molecule has 1 aromatic rings. The lowest BCUT2D eigenvalue weighted by Gasteiger charge is -2.37. The van der Waals surface area contributed by atoms with E-state index in [1.165, 1.54) is 37.8 Å². The van der Waals surface area contributed by atoms with Gasteiger partial charge in [-0.1, -0.05) is 0 Å². The molecule has 0 aliphatic heterocycles. The van der Waals surface area contributed by atoms with Crippen LogP contribution in [0.4, 0.5) is 0 Å². The van der Waals surface area contributed by atoms with E-state index in [1.54, 1.807) is 0 Å². The van der Waals surface area contributed by atoms with Crippen LogP contribution in [0, 0.1) is 12.8 Å². The van der Waals surface area contributed by atoms with Gasteiger partial charge in [-0.15, -0.1) is 0 Å². The van der Waals surface area contributed by atoms with Gasteiger partial charge in [0.2, 0.25) is 0 Å². The number of aromatic nitrogens is 2. The van der Waals surface area contributed by atoms with Crippen molar-refractivity contribution in [3.8, 4) is 0 Å². The second kappa shape index (κ2) is 3.63. The van der Waals surface area contributed by atoms with E-state index in [4.69, 9.17) is 0 Å². The molecule has 2 unspecified atom stereocenters. The quantitative estimate of drug-likeness (QED) is 0.813. The number of hydrogen-bond donors (Lipinski definition) is 1. The Balaban J connectivity index is 1.57. The summed E-state index contributed by atoms with van der Waals surface area (Å²) in [6.45, 7) is 3.30. The zero-order chi connectivity index (χ0) is 10.3. The van der Waals surface area contributed by atoms with E-state index in [0.717, 1.165) is 12.0 Å². The minimum atomic E-state index is 0.657. The molecule has 2 aliphatic carbocycles. The van der Waals surface area contributed by atoms with Gasteiger partial charge < -0.3 is 5.32 Å². The Morgan fingerprint density at radius 2 is 2.27 bits per heavy atom. The van der Waals surface area contributed by atoms with Crippen LogP contribution in [0.1, 0.15) is 37.3 Å². The molecular weight excluding hydrogens is 186 g/mol. The first-order valence-corrected chi connectivity index (χ1v) is 6.07. The van der Waals surface area contributed by atoms with E-state index < -0.39 is 0 Å². The summed E-state index contributed by atoms with van der Waals surface area (Å²) in [6, 6.07) is 1.50. The van der Waals surface area contributed by atoms with Gasteiger partial charge in [0.25, 0.3) is 0 Å². The third kappa shape index (κ3) is 1.93. The third-order valence-corrected chi connectivity index (χ3v) is 3.69. The van der Waals surface area contributed by atoms with E-state index in [9.17, 15) is 0 Å². The van der Waals surface area contributed by atoms with E-state index in [-0.39, 0.29) is 0 Å². The summed E-state index contributed by atoms with van der Waals surface area (Å²) in [5, 5.41) is 8.04. The average Bonchev–Trinajstić information content (AvgIpc) is 2.89. The van der Waals surface area contributed by atoms with Crippen molar-refractivity contribution in [3.05, 3.63) is 18.0 Å². The predicted octanol–water partition coefficient (Wildman–Crippen LogP) is 1.89. The summed E-state index contributed by atoms with van der Waals surface area (Å²) < 4.78 is 2.16. The highest BCUT2D eigenvalue weighted by Crippen LogP contribution is 2.38. The lowest BCUT2D eigenvalue weighted by Crippen LogP contribution is -2.37. The summed E-state index contributed by atoms with van der Waals surface area (Å²) in [4.78, 5) is 0. The van der Waals surface area contributed by atoms with Gasteiger partial charge in [-0.05, 0) is 44.1 Å². The average molecular weight is 205 g/mol. The van der Waals surface area contributed by atoms with Gasteiger partial charge in [-0.2, -0.15) is 5.10 Å². The molecule has 82 valence electrons. The summed E-state index contributed by atoms with van der Waals surface area (Å²) >= 11 is 0. The van der Waals surface area contributed by atoms with Gasteiger partial charge in [0, 0.05) is 18.8 Å². The molecule has 0 bridgehead atoms. The van der Waals surface area contributed by atoms with E-state index >= 15 is 0 Å². The molecule has 0 radical (unpaired) electrons. The number of nitrogens with one attached hydrogen (secondary N) is 1. The molecule has 2 fully saturated rings. The van der Waals surface area contributed by atoms with Gasteiger partial charge in [-0.25, -0.2) is 0 Å². The zero-order valence-electron chi connectivity index (χ0n) is 9.32. The summed E-state index contributed by atoms with van der Waals surface area (Å²) in [7, 11) is 0. The molecule has 0 spiro atoms. The Kier molecular flexibility index (Phi) is 2.28. The molecule has 1 aromatic heterocycles. The number of hydrogen-bond acceptors (Lipinski definition) is 2. The molecule has 3 heteroatoms. The SMILES string of the molecule is Cc1cnn(C2CCC2CNC2CC2)c1. The zero-order valence-corrected chi connectivity index (χ0v) is 9.32. The molecule has 3 rings (SSSR count). The standard InChI is InChI=1S/C12H19N3/c1-9-6-14-15(8-9)12-5-2-10(12)7-13-11-3-4-11/h6,8,10-13H,2-5,7H2,1H3. The minimum absolute atomic E-state index is 0.657. The molecule has 2 saturated carbocycles. The Morgan fingerprint density at radius 1 is 1.40 bits per heavy atom. The number of rotatable bonds is 4. The van der Waals surface area contributed by atoms with Gasteiger partial charge in [-0.3, -0.25) is 4.68 Å². The smallest absolute Gasteiger partial charge is 0.0559 e. The van der Waals surface area contributed by atoms with Gasteiger partial charge in [0.05, 0.1) is 12.2 Å². The Labute approximate surface area is 90.9 Å². The highest BCUT2D eigenvalue weighted by Gasteiger charge is 2.33. The maximum Gasteiger partial charge on any atom is 0.0559 e. The highest BCUT2D eigenvalue weighted by molar-refractivity contribution is 5.02. The topological polar surface area (TPSA) is 29.9 Å². The van der Waals surface area contributed by atoms with Gasteiger partial charge in [0.1, 0.15) is 0 Å². The Bertz CT molecular complexity index is 340. The normalized spacial score (nSPS) is 30.2. The second-order valence-corrected chi connectivity index (χ2v) is 5.08. The number of nitrogens with zero attached hydrogens (tertiary/aromatic N) is 2. The van der Waals surface area contributed by atoms with Crippen molar-refractivity contribution < 1.29 is 0 Å². The first-order valence-electron chi connectivity index (χ1n) is 6.07. The number of aryl methyl sites for hydroxylation is 1. The molecule has 3 nitrogen and oxygen atoms in total. The fourth-order valence-corrected chi connectivity index (χ4v) is 2.36. The van der Waals surface area contributed by atoms with Crippen LogP contribution in [0.5, 0.6) is 0 Å². The fraction of sp³-hybridized carbons (Fsp3) is 0.750. The monoisotopic (exact) mass is 205 g/mol. The molecule has 0 aromatic carbocycles.